The maximum atomic E-state index is 12.9. The van der Waals surface area contributed by atoms with Crippen molar-refractivity contribution in [2.45, 2.75) is 44.6 Å². The second-order valence-corrected chi connectivity index (χ2v) is 7.95. The highest BCUT2D eigenvalue weighted by molar-refractivity contribution is 6.12. The smallest absolute Gasteiger partial charge is 0.327 e. The lowest BCUT2D eigenvalue weighted by atomic mass is 9.78. The second-order valence-electron chi connectivity index (χ2n) is 7.95. The number of aliphatic imine (C=N–C) groups is 2. The molecule has 6 atom stereocenters. The van der Waals surface area contributed by atoms with Crippen LogP contribution in [-0.2, 0) is 9.53 Å². The third-order valence-electron chi connectivity index (χ3n) is 5.97. The molecule has 0 aromatic rings. The van der Waals surface area contributed by atoms with Gasteiger partial charge in [-0.25, -0.2) is 0 Å². The van der Waals surface area contributed by atoms with Crippen LogP contribution in [0.4, 0.5) is 8.78 Å². The molecule has 148 valence electrons. The molecule has 9 heteroatoms. The summed E-state index contributed by atoms with van der Waals surface area (Å²) in [7, 11) is 1.89. The minimum Gasteiger partial charge on any atom is -0.327 e. The topological polar surface area (TPSA) is 69.9 Å². The van der Waals surface area contributed by atoms with Crippen LogP contribution in [-0.4, -0.2) is 85.4 Å². The summed E-state index contributed by atoms with van der Waals surface area (Å²) in [5.74, 6) is 0.0967. The van der Waals surface area contributed by atoms with Gasteiger partial charge in [0.1, 0.15) is 0 Å². The van der Waals surface area contributed by atoms with Gasteiger partial charge in [0.15, 0.2) is 0 Å². The van der Waals surface area contributed by atoms with E-state index in [0.717, 1.165) is 12.1 Å². The Morgan fingerprint density at radius 2 is 2.11 bits per heavy atom. The number of halogens is 2. The van der Waals surface area contributed by atoms with Crippen molar-refractivity contribution in [1.29, 1.82) is 0 Å². The van der Waals surface area contributed by atoms with E-state index in [1.165, 1.54) is 0 Å². The molecule has 27 heavy (non-hydrogen) atoms. The van der Waals surface area contributed by atoms with Gasteiger partial charge in [0, 0.05) is 31.1 Å². The lowest BCUT2D eigenvalue weighted by Crippen LogP contribution is -2.42. The third-order valence-corrected chi connectivity index (χ3v) is 5.97. The maximum Gasteiger partial charge on any atom is 0.345 e. The minimum atomic E-state index is -2.78. The molecule has 1 fully saturated rings. The number of nitrogens with zero attached hydrogens (tertiary/aromatic N) is 5. The zero-order valence-electron chi connectivity index (χ0n) is 15.5. The first-order valence-corrected chi connectivity index (χ1v) is 9.48. The fraction of sp³-hybridized carbons (Fsp3) is 0.778. The Morgan fingerprint density at radius 1 is 1.30 bits per heavy atom. The van der Waals surface area contributed by atoms with Crippen molar-refractivity contribution in [3.63, 3.8) is 0 Å². The first kappa shape index (κ1) is 18.5. The van der Waals surface area contributed by atoms with Crippen molar-refractivity contribution >= 4 is 24.0 Å². The predicted molar refractivity (Wildman–Crippen MR) is 97.5 cm³/mol. The highest BCUT2D eigenvalue weighted by Gasteiger charge is 2.47. The number of ether oxygens (including phenoxy) is 1. The minimum absolute atomic E-state index is 0.0125. The number of likely N-dealkylation sites (N-methyl/N-ethyl adjacent to an activating group) is 1. The number of rotatable bonds is 4. The molecule has 6 unspecified atom stereocenters. The Labute approximate surface area is 157 Å². The van der Waals surface area contributed by atoms with Crippen LogP contribution in [0.5, 0.6) is 0 Å². The fourth-order valence-corrected chi connectivity index (χ4v) is 4.69. The molecule has 1 saturated heterocycles. The fourth-order valence-electron chi connectivity index (χ4n) is 4.69. The van der Waals surface area contributed by atoms with E-state index in [-0.39, 0.29) is 42.3 Å². The Morgan fingerprint density at radius 3 is 2.81 bits per heavy atom. The number of carbonyl (C=O) groups is 1. The van der Waals surface area contributed by atoms with Gasteiger partial charge in [0.25, 0.3) is 0 Å². The summed E-state index contributed by atoms with van der Waals surface area (Å²) in [6.07, 6.45) is 4.33. The molecule has 4 aliphatic rings. The molecule has 4 heterocycles. The summed E-state index contributed by atoms with van der Waals surface area (Å²) < 4.78 is 29.7. The van der Waals surface area contributed by atoms with Crippen LogP contribution in [0.25, 0.3) is 0 Å². The van der Waals surface area contributed by atoms with Crippen LogP contribution in [0.3, 0.4) is 0 Å². The lowest BCUT2D eigenvalue weighted by molar-refractivity contribution is -0.164. The number of hydrogen-bond acceptors (Lipinski definition) is 6. The van der Waals surface area contributed by atoms with E-state index in [4.69, 9.17) is 4.99 Å². The van der Waals surface area contributed by atoms with E-state index in [9.17, 15) is 13.6 Å². The van der Waals surface area contributed by atoms with Crippen LogP contribution in [0.1, 0.15) is 19.8 Å². The third kappa shape index (κ3) is 3.61. The Balaban J connectivity index is 1.49. The second kappa shape index (κ2) is 7.26. The van der Waals surface area contributed by atoms with Crippen molar-refractivity contribution in [2.24, 2.45) is 32.8 Å². The van der Waals surface area contributed by atoms with Crippen molar-refractivity contribution in [1.82, 2.24) is 9.91 Å². The number of likely N-dealkylation sites (tertiary alicyclic amines) is 1. The molecule has 0 aromatic heterocycles. The normalized spacial score (nSPS) is 38.7. The monoisotopic (exact) mass is 381 g/mol. The van der Waals surface area contributed by atoms with Crippen molar-refractivity contribution in [2.75, 3.05) is 26.7 Å². The lowest BCUT2D eigenvalue weighted by Gasteiger charge is -2.34. The van der Waals surface area contributed by atoms with E-state index in [1.807, 2.05) is 29.4 Å². The molecule has 0 aliphatic carbocycles. The van der Waals surface area contributed by atoms with Gasteiger partial charge in [-0.15, -0.1) is 0 Å². The van der Waals surface area contributed by atoms with Crippen molar-refractivity contribution in [3.05, 3.63) is 0 Å². The van der Waals surface area contributed by atoms with Gasteiger partial charge in [-0.2, -0.15) is 13.9 Å². The highest BCUT2D eigenvalue weighted by atomic mass is 19.3. The van der Waals surface area contributed by atoms with E-state index in [2.05, 4.69) is 21.8 Å². The van der Waals surface area contributed by atoms with E-state index < -0.39 is 12.7 Å². The zero-order valence-corrected chi connectivity index (χ0v) is 15.5. The van der Waals surface area contributed by atoms with Crippen molar-refractivity contribution in [3.8, 4) is 0 Å². The maximum absolute atomic E-state index is 12.9. The molecule has 0 spiro atoms. The largest absolute Gasteiger partial charge is 0.345 e. The van der Waals surface area contributed by atoms with Gasteiger partial charge in [0.2, 0.25) is 5.91 Å². The number of fused-ring (bicyclic) bond motifs is 1. The number of amides is 1. The summed E-state index contributed by atoms with van der Waals surface area (Å²) >= 11 is 0. The Hall–Kier alpha value is -1.90. The first-order chi connectivity index (χ1) is 12.9. The molecule has 7 nitrogen and oxygen atoms in total. The van der Waals surface area contributed by atoms with Gasteiger partial charge in [0.05, 0.1) is 43.7 Å². The highest BCUT2D eigenvalue weighted by Crippen LogP contribution is 2.36. The molecular weight excluding hydrogens is 356 g/mol. The van der Waals surface area contributed by atoms with E-state index in [0.29, 0.717) is 19.5 Å². The average Bonchev–Trinajstić information content (AvgIpc) is 3.18. The molecule has 0 N–H and O–H groups in total. The SMILES string of the molecule is CC1CC(C2C=NCC(OC(F)F)C2)N=C2CN(C3C=NN(C)C3)C(=O)C21. The number of hydrazone groups is 1. The number of carbonyl (C=O) groups excluding carboxylic acids is 1. The van der Waals surface area contributed by atoms with Gasteiger partial charge in [-0.1, -0.05) is 6.92 Å². The first-order valence-electron chi connectivity index (χ1n) is 9.48. The summed E-state index contributed by atoms with van der Waals surface area (Å²) in [5, 5.41) is 6.06. The molecule has 0 bridgehead atoms. The summed E-state index contributed by atoms with van der Waals surface area (Å²) in [6, 6.07) is -0.0479. The number of hydrogen-bond donors (Lipinski definition) is 0. The van der Waals surface area contributed by atoms with Gasteiger partial charge in [-0.3, -0.25) is 19.8 Å². The zero-order chi connectivity index (χ0) is 19.1. The molecule has 0 aromatic carbocycles. The van der Waals surface area contributed by atoms with Gasteiger partial charge in [-0.05, 0) is 18.8 Å². The van der Waals surface area contributed by atoms with Crippen LogP contribution in [0.2, 0.25) is 0 Å². The predicted octanol–water partition coefficient (Wildman–Crippen LogP) is 1.29. The molecule has 4 rings (SSSR count). The van der Waals surface area contributed by atoms with E-state index in [1.54, 1.807) is 0 Å². The van der Waals surface area contributed by atoms with Gasteiger partial charge >= 0.3 is 6.61 Å². The summed E-state index contributed by atoms with van der Waals surface area (Å²) in [5.41, 5.74) is 0.914. The standard InChI is InChI=1S/C18H25F2N5O2/c1-10-3-14(11-4-13(7-21-5-11)27-18(19)20)23-15-9-25(17(26)16(10)15)12-6-22-24(2)8-12/h5-6,10-14,16,18H,3-4,7-9H2,1-2H3. The van der Waals surface area contributed by atoms with Crippen LogP contribution in [0, 0.1) is 17.8 Å². The summed E-state index contributed by atoms with van der Waals surface area (Å²) in [4.78, 5) is 23.9. The molecule has 0 saturated carbocycles. The van der Waals surface area contributed by atoms with Crippen LogP contribution in [0.15, 0.2) is 15.1 Å². The van der Waals surface area contributed by atoms with Crippen LogP contribution >= 0.6 is 0 Å². The average molecular weight is 381 g/mol. The van der Waals surface area contributed by atoms with E-state index >= 15 is 0 Å². The Kier molecular flexibility index (Phi) is 4.96. The quantitative estimate of drug-likeness (QED) is 0.737. The Bertz CT molecular complexity index is 683. The molecular formula is C18H25F2N5O2. The molecule has 0 radical (unpaired) electrons. The van der Waals surface area contributed by atoms with Gasteiger partial charge < -0.3 is 9.64 Å². The van der Waals surface area contributed by atoms with Crippen LogP contribution < -0.4 is 0 Å². The molecule has 1 amide bonds. The number of alkyl halides is 2. The van der Waals surface area contributed by atoms with Crippen molar-refractivity contribution < 1.29 is 18.3 Å². The summed E-state index contributed by atoms with van der Waals surface area (Å²) in [6.45, 7) is 0.789. The molecule has 4 aliphatic heterocycles.